The summed E-state index contributed by atoms with van der Waals surface area (Å²) in [5.74, 6) is -0.0765. The van der Waals surface area contributed by atoms with E-state index in [2.05, 4.69) is 51.3 Å². The van der Waals surface area contributed by atoms with Crippen LogP contribution in [-0.2, 0) is 11.3 Å². The number of nitrogens with one attached hydrogen (secondary N) is 1. The number of hydrogen-bond donors (Lipinski definition) is 2. The summed E-state index contributed by atoms with van der Waals surface area (Å²) in [6, 6.07) is 14.4. The van der Waals surface area contributed by atoms with Gasteiger partial charge in [-0.15, -0.1) is 10.2 Å². The van der Waals surface area contributed by atoms with Crippen molar-refractivity contribution in [2.75, 3.05) is 11.1 Å². The summed E-state index contributed by atoms with van der Waals surface area (Å²) in [5.41, 5.74) is 8.76. The molecule has 0 aliphatic heterocycles. The Bertz CT molecular complexity index is 1130. The van der Waals surface area contributed by atoms with Gasteiger partial charge in [-0.25, -0.2) is 0 Å². The summed E-state index contributed by atoms with van der Waals surface area (Å²) in [6.07, 6.45) is 0. The molecule has 0 fully saturated rings. The van der Waals surface area contributed by atoms with Crippen LogP contribution in [0.2, 0.25) is 0 Å². The maximum absolute atomic E-state index is 12.6. The number of carbonyl (C=O) groups excluding carboxylic acids is 1. The first-order valence-electron chi connectivity index (χ1n) is 8.64. The van der Waals surface area contributed by atoms with Crippen molar-refractivity contribution in [3.8, 4) is 0 Å². The molecule has 2 heterocycles. The van der Waals surface area contributed by atoms with Crippen molar-refractivity contribution >= 4 is 61.6 Å². The first-order valence-corrected chi connectivity index (χ1v) is 10.3. The largest absolute Gasteiger partial charge is 0.374 e. The zero-order valence-electron chi connectivity index (χ0n) is 15.0. The van der Waals surface area contributed by atoms with E-state index >= 15 is 0 Å². The molecule has 0 aliphatic carbocycles. The smallest absolute Gasteiger partial charge is 0.237 e. The second-order valence-electron chi connectivity index (χ2n) is 6.15. The van der Waals surface area contributed by atoms with Crippen LogP contribution in [0.1, 0.15) is 13.8 Å². The van der Waals surface area contributed by atoms with Crippen LogP contribution in [0, 0.1) is 0 Å². The van der Waals surface area contributed by atoms with Gasteiger partial charge in [0, 0.05) is 34.0 Å². The van der Waals surface area contributed by atoms with Gasteiger partial charge < -0.3 is 15.6 Å². The van der Waals surface area contributed by atoms with Crippen LogP contribution in [0.3, 0.4) is 0 Å². The summed E-state index contributed by atoms with van der Waals surface area (Å²) >= 11 is 2.64. The van der Waals surface area contributed by atoms with Gasteiger partial charge in [0.25, 0.3) is 0 Å². The Labute approximate surface area is 164 Å². The molecular formula is C19H19N5OS2. The Morgan fingerprint density at radius 1 is 1.22 bits per heavy atom. The molecule has 2 aromatic heterocycles. The van der Waals surface area contributed by atoms with Crippen LogP contribution in [-0.4, -0.2) is 25.9 Å². The molecule has 0 spiro atoms. The van der Waals surface area contributed by atoms with Gasteiger partial charge in [0.2, 0.25) is 11.0 Å². The van der Waals surface area contributed by atoms with Crippen LogP contribution in [0.25, 0.3) is 21.8 Å². The third-order valence-electron chi connectivity index (χ3n) is 4.43. The normalized spacial score (nSPS) is 12.5. The van der Waals surface area contributed by atoms with Crippen LogP contribution in [0.15, 0.2) is 46.8 Å². The van der Waals surface area contributed by atoms with Crippen molar-refractivity contribution < 1.29 is 4.79 Å². The second-order valence-corrected chi connectivity index (χ2v) is 8.75. The second kappa shape index (κ2) is 7.21. The number of benzene rings is 2. The molecule has 4 rings (SSSR count). The number of aromatic nitrogens is 3. The maximum Gasteiger partial charge on any atom is 0.237 e. The van der Waals surface area contributed by atoms with E-state index < -0.39 is 0 Å². The number of thioether (sulfide) groups is 1. The Morgan fingerprint density at radius 2 is 2.00 bits per heavy atom. The molecule has 2 aromatic carbocycles. The number of para-hydroxylation sites is 1. The highest BCUT2D eigenvalue weighted by atomic mass is 32.2. The zero-order chi connectivity index (χ0) is 19.0. The molecule has 1 atom stereocenters. The molecule has 0 radical (unpaired) electrons. The van der Waals surface area contributed by atoms with E-state index in [-0.39, 0.29) is 11.2 Å². The van der Waals surface area contributed by atoms with Gasteiger partial charge >= 0.3 is 0 Å². The van der Waals surface area contributed by atoms with Crippen molar-refractivity contribution in [2.24, 2.45) is 0 Å². The molecule has 0 unspecified atom stereocenters. The average Bonchev–Trinajstić information content (AvgIpc) is 3.22. The minimum absolute atomic E-state index is 0.0765. The van der Waals surface area contributed by atoms with E-state index in [1.165, 1.54) is 39.5 Å². The van der Waals surface area contributed by atoms with E-state index in [0.29, 0.717) is 9.47 Å². The first-order chi connectivity index (χ1) is 13.1. The van der Waals surface area contributed by atoms with Gasteiger partial charge in [0.1, 0.15) is 0 Å². The van der Waals surface area contributed by atoms with Gasteiger partial charge in [0.05, 0.1) is 5.25 Å². The fourth-order valence-electron chi connectivity index (χ4n) is 3.19. The van der Waals surface area contributed by atoms with Crippen molar-refractivity contribution in [1.29, 1.82) is 0 Å². The number of nitrogens with zero attached hydrogens (tertiary/aromatic N) is 3. The summed E-state index contributed by atoms with van der Waals surface area (Å²) in [5, 5.41) is 13.2. The van der Waals surface area contributed by atoms with E-state index in [1.807, 2.05) is 25.1 Å². The summed E-state index contributed by atoms with van der Waals surface area (Å²) in [7, 11) is 0. The van der Waals surface area contributed by atoms with Crippen molar-refractivity contribution in [1.82, 2.24) is 14.8 Å². The molecule has 0 bridgehead atoms. The monoisotopic (exact) mass is 397 g/mol. The van der Waals surface area contributed by atoms with Gasteiger partial charge in [-0.1, -0.05) is 41.3 Å². The molecule has 0 saturated heterocycles. The van der Waals surface area contributed by atoms with E-state index in [4.69, 9.17) is 5.73 Å². The molecule has 1 amide bonds. The molecule has 138 valence electrons. The highest BCUT2D eigenvalue weighted by Gasteiger charge is 2.18. The number of nitrogen functional groups attached to an aromatic ring is 1. The Hall–Kier alpha value is -2.58. The fraction of sp³-hybridized carbons (Fsp3) is 0.211. The number of fused-ring (bicyclic) bond motifs is 3. The predicted octanol–water partition coefficient (Wildman–Crippen LogP) is 4.37. The topological polar surface area (TPSA) is 85.8 Å². The van der Waals surface area contributed by atoms with Crippen LogP contribution in [0.5, 0.6) is 0 Å². The Kier molecular flexibility index (Phi) is 4.75. The SMILES string of the molecule is CCn1c2ccccc2c2cc(NC(=O)[C@@H](C)Sc3nnc(N)s3)ccc21. The number of amides is 1. The lowest BCUT2D eigenvalue weighted by molar-refractivity contribution is -0.115. The third kappa shape index (κ3) is 3.38. The maximum atomic E-state index is 12.6. The summed E-state index contributed by atoms with van der Waals surface area (Å²) in [4.78, 5) is 12.6. The Morgan fingerprint density at radius 3 is 2.74 bits per heavy atom. The number of rotatable bonds is 5. The molecule has 0 aliphatic rings. The minimum Gasteiger partial charge on any atom is -0.374 e. The van der Waals surface area contributed by atoms with E-state index in [0.717, 1.165) is 17.6 Å². The van der Waals surface area contributed by atoms with Crippen LogP contribution >= 0.6 is 23.1 Å². The first kappa shape index (κ1) is 17.8. The summed E-state index contributed by atoms with van der Waals surface area (Å²) < 4.78 is 2.98. The number of nitrogens with two attached hydrogens (primary N) is 1. The number of aryl methyl sites for hydroxylation is 1. The van der Waals surface area contributed by atoms with Crippen molar-refractivity contribution in [3.05, 3.63) is 42.5 Å². The van der Waals surface area contributed by atoms with Crippen molar-refractivity contribution in [3.63, 3.8) is 0 Å². The quantitative estimate of drug-likeness (QED) is 0.489. The highest BCUT2D eigenvalue weighted by Crippen LogP contribution is 2.32. The van der Waals surface area contributed by atoms with Gasteiger partial charge in [-0.05, 0) is 38.1 Å². The van der Waals surface area contributed by atoms with Gasteiger partial charge in [-0.2, -0.15) is 0 Å². The average molecular weight is 398 g/mol. The number of hydrogen-bond acceptors (Lipinski definition) is 6. The van der Waals surface area contributed by atoms with E-state index in [9.17, 15) is 4.79 Å². The molecule has 0 saturated carbocycles. The molecule has 3 N–H and O–H groups in total. The highest BCUT2D eigenvalue weighted by molar-refractivity contribution is 8.02. The lowest BCUT2D eigenvalue weighted by atomic mass is 10.1. The lowest BCUT2D eigenvalue weighted by Crippen LogP contribution is -2.22. The summed E-state index contributed by atoms with van der Waals surface area (Å²) in [6.45, 7) is 4.88. The molecule has 8 heteroatoms. The molecule has 4 aromatic rings. The fourth-order valence-corrected chi connectivity index (χ4v) is 4.97. The molecule has 6 nitrogen and oxygen atoms in total. The van der Waals surface area contributed by atoms with Crippen LogP contribution < -0.4 is 11.1 Å². The van der Waals surface area contributed by atoms with E-state index in [1.54, 1.807) is 0 Å². The third-order valence-corrected chi connectivity index (χ3v) is 6.36. The molecule has 27 heavy (non-hydrogen) atoms. The van der Waals surface area contributed by atoms with Gasteiger partial charge in [-0.3, -0.25) is 4.79 Å². The Balaban J connectivity index is 1.60. The standard InChI is InChI=1S/C19H19N5OS2/c1-3-24-15-7-5-4-6-13(15)14-10-12(8-9-16(14)24)21-17(25)11(2)26-19-23-22-18(20)27-19/h4-11H,3H2,1-2H3,(H2,20,22)(H,21,25)/t11-/m1/s1. The lowest BCUT2D eigenvalue weighted by Gasteiger charge is -2.11. The van der Waals surface area contributed by atoms with Crippen LogP contribution in [0.4, 0.5) is 10.8 Å². The number of carbonyl (C=O) groups is 1. The van der Waals surface area contributed by atoms with Gasteiger partial charge in [0.15, 0.2) is 4.34 Å². The molecular weight excluding hydrogens is 378 g/mol. The minimum atomic E-state index is -0.301. The number of anilines is 2. The zero-order valence-corrected chi connectivity index (χ0v) is 16.6. The van der Waals surface area contributed by atoms with Crippen molar-refractivity contribution in [2.45, 2.75) is 30.0 Å². The predicted molar refractivity (Wildman–Crippen MR) is 113 cm³/mol.